The van der Waals surface area contributed by atoms with Crippen molar-refractivity contribution in [3.8, 4) is 5.88 Å². The lowest BCUT2D eigenvalue weighted by atomic mass is 10.5. The van der Waals surface area contributed by atoms with Crippen LogP contribution in [0.5, 0.6) is 5.88 Å². The van der Waals surface area contributed by atoms with Crippen LogP contribution in [-0.2, 0) is 0 Å². The zero-order valence-electron chi connectivity index (χ0n) is 7.23. The van der Waals surface area contributed by atoms with Crippen LogP contribution in [0.1, 0.15) is 5.69 Å². The summed E-state index contributed by atoms with van der Waals surface area (Å²) in [5.41, 5.74) is 0.977. The molecule has 0 aliphatic rings. The molecule has 0 bridgehead atoms. The van der Waals surface area contributed by atoms with Gasteiger partial charge in [0, 0.05) is 11.6 Å². The predicted octanol–water partition coefficient (Wildman–Crippen LogP) is 1.08. The molecule has 0 atom stereocenters. The highest BCUT2D eigenvalue weighted by Crippen LogP contribution is 2.21. The number of hydrogen-bond donors (Lipinski definition) is 1. The SMILES string of the molecule is Cc1c(OCCO)nc2sccn12. The van der Waals surface area contributed by atoms with Crippen LogP contribution in [0.2, 0.25) is 0 Å². The molecule has 0 amide bonds. The summed E-state index contributed by atoms with van der Waals surface area (Å²) in [6, 6.07) is 0. The fourth-order valence-corrected chi connectivity index (χ4v) is 1.91. The average Bonchev–Trinajstić information content (AvgIpc) is 2.67. The van der Waals surface area contributed by atoms with Crippen LogP contribution in [0.3, 0.4) is 0 Å². The Labute approximate surface area is 79.4 Å². The monoisotopic (exact) mass is 198 g/mol. The topological polar surface area (TPSA) is 46.8 Å². The molecule has 2 heterocycles. The standard InChI is InChI=1S/C8H10N2O2S/c1-6-7(12-4-3-11)9-8-10(6)2-5-13-8/h2,5,11H,3-4H2,1H3. The largest absolute Gasteiger partial charge is 0.474 e. The fraction of sp³-hybridized carbons (Fsp3) is 0.375. The van der Waals surface area contributed by atoms with Gasteiger partial charge in [0.05, 0.1) is 12.3 Å². The number of aryl methyl sites for hydroxylation is 1. The lowest BCUT2D eigenvalue weighted by Gasteiger charge is -1.99. The summed E-state index contributed by atoms with van der Waals surface area (Å²) < 4.78 is 7.22. The number of fused-ring (bicyclic) bond motifs is 1. The Bertz CT molecular complexity index is 407. The Hall–Kier alpha value is -1.07. The number of imidazole rings is 1. The Morgan fingerprint density at radius 1 is 1.69 bits per heavy atom. The van der Waals surface area contributed by atoms with E-state index in [0.29, 0.717) is 12.5 Å². The van der Waals surface area contributed by atoms with Crippen LogP contribution < -0.4 is 4.74 Å². The van der Waals surface area contributed by atoms with E-state index >= 15 is 0 Å². The first-order valence-electron chi connectivity index (χ1n) is 3.98. The van der Waals surface area contributed by atoms with Crippen LogP contribution in [-0.4, -0.2) is 27.7 Å². The second kappa shape index (κ2) is 3.35. The molecule has 0 saturated carbocycles. The highest BCUT2D eigenvalue weighted by Gasteiger charge is 2.09. The molecule has 0 aliphatic carbocycles. The van der Waals surface area contributed by atoms with Crippen molar-refractivity contribution in [3.05, 3.63) is 17.3 Å². The van der Waals surface area contributed by atoms with E-state index in [0.717, 1.165) is 10.7 Å². The van der Waals surface area contributed by atoms with E-state index in [-0.39, 0.29) is 6.61 Å². The lowest BCUT2D eigenvalue weighted by Crippen LogP contribution is -2.02. The first-order valence-corrected chi connectivity index (χ1v) is 4.86. The summed E-state index contributed by atoms with van der Waals surface area (Å²) in [7, 11) is 0. The minimum Gasteiger partial charge on any atom is -0.474 e. The lowest BCUT2D eigenvalue weighted by molar-refractivity contribution is 0.196. The molecular weight excluding hydrogens is 188 g/mol. The summed E-state index contributed by atoms with van der Waals surface area (Å²) >= 11 is 1.57. The molecule has 0 aliphatic heterocycles. The minimum absolute atomic E-state index is 0.0185. The highest BCUT2D eigenvalue weighted by atomic mass is 32.1. The van der Waals surface area contributed by atoms with Crippen LogP contribution in [0.25, 0.3) is 4.96 Å². The van der Waals surface area contributed by atoms with Crippen LogP contribution in [0.4, 0.5) is 0 Å². The van der Waals surface area contributed by atoms with Gasteiger partial charge in [-0.3, -0.25) is 4.40 Å². The van der Waals surface area contributed by atoms with Gasteiger partial charge >= 0.3 is 0 Å². The smallest absolute Gasteiger partial charge is 0.236 e. The molecule has 0 saturated heterocycles. The summed E-state index contributed by atoms with van der Waals surface area (Å²) in [5.74, 6) is 0.612. The molecule has 2 aromatic heterocycles. The van der Waals surface area contributed by atoms with E-state index in [2.05, 4.69) is 4.98 Å². The number of aliphatic hydroxyl groups is 1. The van der Waals surface area contributed by atoms with Gasteiger partial charge in [0.2, 0.25) is 5.88 Å². The van der Waals surface area contributed by atoms with Crippen LogP contribution in [0.15, 0.2) is 11.6 Å². The van der Waals surface area contributed by atoms with Crippen molar-refractivity contribution < 1.29 is 9.84 Å². The van der Waals surface area contributed by atoms with Crippen molar-refractivity contribution in [3.63, 3.8) is 0 Å². The van der Waals surface area contributed by atoms with E-state index in [9.17, 15) is 0 Å². The zero-order valence-corrected chi connectivity index (χ0v) is 8.04. The second-order valence-electron chi connectivity index (χ2n) is 2.63. The minimum atomic E-state index is 0.0185. The summed E-state index contributed by atoms with van der Waals surface area (Å²) in [6.07, 6.45) is 1.95. The number of nitrogens with zero attached hydrogens (tertiary/aromatic N) is 2. The van der Waals surface area contributed by atoms with E-state index in [1.165, 1.54) is 0 Å². The number of rotatable bonds is 3. The van der Waals surface area contributed by atoms with Crippen molar-refractivity contribution in [2.45, 2.75) is 6.92 Å². The molecule has 0 radical (unpaired) electrons. The number of hydrogen-bond acceptors (Lipinski definition) is 4. The Balaban J connectivity index is 2.34. The quantitative estimate of drug-likeness (QED) is 0.802. The number of aromatic nitrogens is 2. The van der Waals surface area contributed by atoms with Crippen molar-refractivity contribution in [1.29, 1.82) is 0 Å². The van der Waals surface area contributed by atoms with Gasteiger partial charge in [0.25, 0.3) is 0 Å². The fourth-order valence-electron chi connectivity index (χ4n) is 1.16. The van der Waals surface area contributed by atoms with Gasteiger partial charge < -0.3 is 9.84 Å². The number of ether oxygens (including phenoxy) is 1. The molecule has 0 spiro atoms. The maximum absolute atomic E-state index is 8.59. The van der Waals surface area contributed by atoms with Crippen molar-refractivity contribution in [1.82, 2.24) is 9.38 Å². The molecule has 0 unspecified atom stereocenters. The average molecular weight is 198 g/mol. The highest BCUT2D eigenvalue weighted by molar-refractivity contribution is 7.15. The van der Waals surface area contributed by atoms with Gasteiger partial charge in [-0.1, -0.05) is 0 Å². The third-order valence-corrected chi connectivity index (χ3v) is 2.54. The summed E-state index contributed by atoms with van der Waals surface area (Å²) in [5, 5.41) is 10.6. The normalized spacial score (nSPS) is 10.9. The third-order valence-electron chi connectivity index (χ3n) is 1.79. The molecule has 5 heteroatoms. The molecule has 2 rings (SSSR count). The van der Waals surface area contributed by atoms with Gasteiger partial charge in [-0.15, -0.1) is 11.3 Å². The summed E-state index contributed by atoms with van der Waals surface area (Å²) in [4.78, 5) is 5.18. The van der Waals surface area contributed by atoms with Gasteiger partial charge in [0.15, 0.2) is 4.96 Å². The van der Waals surface area contributed by atoms with Crippen LogP contribution >= 0.6 is 11.3 Å². The van der Waals surface area contributed by atoms with Gasteiger partial charge in [-0.2, -0.15) is 4.98 Å². The van der Waals surface area contributed by atoms with Crippen LogP contribution in [0, 0.1) is 6.92 Å². The first kappa shape index (κ1) is 8.52. The Kier molecular flexibility index (Phi) is 2.20. The van der Waals surface area contributed by atoms with Crippen molar-refractivity contribution >= 4 is 16.3 Å². The molecule has 0 fully saturated rings. The van der Waals surface area contributed by atoms with Crippen molar-refractivity contribution in [2.24, 2.45) is 0 Å². The predicted molar refractivity (Wildman–Crippen MR) is 50.4 cm³/mol. The van der Waals surface area contributed by atoms with Gasteiger partial charge in [0.1, 0.15) is 6.61 Å². The van der Waals surface area contributed by atoms with E-state index in [1.54, 1.807) is 11.3 Å². The van der Waals surface area contributed by atoms with Crippen molar-refractivity contribution in [2.75, 3.05) is 13.2 Å². The summed E-state index contributed by atoms with van der Waals surface area (Å²) in [6.45, 7) is 2.26. The number of aliphatic hydroxyl groups excluding tert-OH is 1. The molecular formula is C8H10N2O2S. The van der Waals surface area contributed by atoms with E-state index < -0.39 is 0 Å². The second-order valence-corrected chi connectivity index (χ2v) is 3.50. The molecule has 2 aromatic rings. The van der Waals surface area contributed by atoms with Gasteiger partial charge in [-0.05, 0) is 6.92 Å². The Morgan fingerprint density at radius 3 is 3.23 bits per heavy atom. The molecule has 13 heavy (non-hydrogen) atoms. The molecule has 4 nitrogen and oxygen atoms in total. The molecule has 70 valence electrons. The molecule has 0 aromatic carbocycles. The molecule has 1 N–H and O–H groups in total. The first-order chi connectivity index (χ1) is 6.33. The Morgan fingerprint density at radius 2 is 2.54 bits per heavy atom. The maximum atomic E-state index is 8.59. The van der Waals surface area contributed by atoms with E-state index in [1.807, 2.05) is 22.9 Å². The van der Waals surface area contributed by atoms with Gasteiger partial charge in [-0.25, -0.2) is 0 Å². The maximum Gasteiger partial charge on any atom is 0.236 e. The third kappa shape index (κ3) is 1.40. The number of thiazole rings is 1. The van der Waals surface area contributed by atoms with E-state index in [4.69, 9.17) is 9.84 Å². The zero-order chi connectivity index (χ0) is 9.26.